The number of hydrogen-bond acceptors (Lipinski definition) is 8. The largest absolute Gasteiger partial charge is 0.444 e. The molecule has 4 rings (SSSR count). The number of azide groups is 1. The number of ether oxygens (including phenoxy) is 2. The molecule has 2 aromatic carbocycles. The maximum absolute atomic E-state index is 12.3. The topological polar surface area (TPSA) is 174 Å². The van der Waals surface area contributed by atoms with Gasteiger partial charge in [0.15, 0.2) is 0 Å². The lowest BCUT2D eigenvalue weighted by Crippen LogP contribution is -2.53. The number of carbonyl (C=O) groups excluding carboxylic acids is 4. The summed E-state index contributed by atoms with van der Waals surface area (Å²) >= 11 is 0. The number of hydrogen-bond donors (Lipinski definition) is 1. The van der Waals surface area contributed by atoms with Crippen molar-refractivity contribution in [2.75, 3.05) is 54.8 Å². The van der Waals surface area contributed by atoms with E-state index in [0.717, 1.165) is 5.69 Å². The standard InChI is InChI=1S/C15H19N5O3.C15H21N3O3/c1-15(2,3)23-14(22)19-8-9-20(13(21)10-19)12-6-4-11(5-7-12)17-18-16;1-15(2,3)21-14(20)17-8-9-18(13(19)10-17)12-6-4-11(16)5-7-12/h4-7H,8-10H2,1-3H3;4-7H,8-10,16H2,1-3H3. The molecule has 2 N–H and O–H groups in total. The first kappa shape index (κ1) is 33.5. The molecule has 2 heterocycles. The molecule has 2 aromatic rings. The van der Waals surface area contributed by atoms with Crippen LogP contribution in [0.15, 0.2) is 53.6 Å². The van der Waals surface area contributed by atoms with Gasteiger partial charge in [0.25, 0.3) is 0 Å². The van der Waals surface area contributed by atoms with Crippen LogP contribution in [0.25, 0.3) is 10.4 Å². The summed E-state index contributed by atoms with van der Waals surface area (Å²) < 4.78 is 10.6. The van der Waals surface area contributed by atoms with Gasteiger partial charge < -0.3 is 25.0 Å². The van der Waals surface area contributed by atoms with E-state index in [1.165, 1.54) is 9.80 Å². The van der Waals surface area contributed by atoms with E-state index in [-0.39, 0.29) is 24.9 Å². The van der Waals surface area contributed by atoms with Crippen LogP contribution in [0, 0.1) is 0 Å². The van der Waals surface area contributed by atoms with E-state index in [1.807, 2.05) is 0 Å². The molecule has 236 valence electrons. The predicted octanol–water partition coefficient (Wildman–Crippen LogP) is 5.06. The summed E-state index contributed by atoms with van der Waals surface area (Å²) in [5.41, 5.74) is 15.5. The van der Waals surface area contributed by atoms with Gasteiger partial charge in [-0.3, -0.25) is 19.4 Å². The smallest absolute Gasteiger partial charge is 0.410 e. The van der Waals surface area contributed by atoms with E-state index in [2.05, 4.69) is 10.0 Å². The molecule has 4 amide bonds. The van der Waals surface area contributed by atoms with Crippen LogP contribution in [0.4, 0.5) is 32.3 Å². The van der Waals surface area contributed by atoms with E-state index >= 15 is 0 Å². The number of nitrogen functional groups attached to an aromatic ring is 1. The van der Waals surface area contributed by atoms with Crippen LogP contribution in [-0.4, -0.2) is 84.3 Å². The third-order valence-corrected chi connectivity index (χ3v) is 6.27. The highest BCUT2D eigenvalue weighted by molar-refractivity contribution is 5.98. The minimum absolute atomic E-state index is 0.0208. The summed E-state index contributed by atoms with van der Waals surface area (Å²) in [5.74, 6) is -0.310. The number of nitrogens with two attached hydrogens (primary N) is 1. The molecule has 2 aliphatic rings. The lowest BCUT2D eigenvalue weighted by Gasteiger charge is -2.35. The summed E-state index contributed by atoms with van der Waals surface area (Å²) in [6, 6.07) is 13.8. The van der Waals surface area contributed by atoms with Crippen LogP contribution in [0.1, 0.15) is 41.5 Å². The first-order valence-electron chi connectivity index (χ1n) is 14.1. The zero-order chi connectivity index (χ0) is 32.7. The van der Waals surface area contributed by atoms with Crippen LogP contribution in [-0.2, 0) is 19.1 Å². The number of carbonyl (C=O) groups is 4. The predicted molar refractivity (Wildman–Crippen MR) is 166 cm³/mol. The maximum Gasteiger partial charge on any atom is 0.410 e. The number of benzene rings is 2. The Morgan fingerprint density at radius 2 is 1.11 bits per heavy atom. The molecule has 0 atom stereocenters. The summed E-state index contributed by atoms with van der Waals surface area (Å²) in [6.45, 7) is 12.5. The Morgan fingerprint density at radius 1 is 0.727 bits per heavy atom. The van der Waals surface area contributed by atoms with Gasteiger partial charge in [0, 0.05) is 53.8 Å². The van der Waals surface area contributed by atoms with Gasteiger partial charge in [-0.1, -0.05) is 17.2 Å². The Labute approximate surface area is 256 Å². The first-order valence-corrected chi connectivity index (χ1v) is 14.1. The third-order valence-electron chi connectivity index (χ3n) is 6.27. The summed E-state index contributed by atoms with van der Waals surface area (Å²) in [4.78, 5) is 57.2. The Balaban J connectivity index is 0.000000241. The van der Waals surface area contributed by atoms with Gasteiger partial charge in [-0.15, -0.1) is 0 Å². The highest BCUT2D eigenvalue weighted by Gasteiger charge is 2.32. The lowest BCUT2D eigenvalue weighted by molar-refractivity contribution is -0.121. The zero-order valence-electron chi connectivity index (χ0n) is 26.0. The summed E-state index contributed by atoms with van der Waals surface area (Å²) in [6.07, 6.45) is -0.933. The Morgan fingerprint density at radius 3 is 1.45 bits per heavy atom. The van der Waals surface area contributed by atoms with Crippen LogP contribution in [0.2, 0.25) is 0 Å². The molecule has 2 aliphatic heterocycles. The average molecular weight is 609 g/mol. The second-order valence-electron chi connectivity index (χ2n) is 12.2. The van der Waals surface area contributed by atoms with E-state index in [0.29, 0.717) is 43.2 Å². The van der Waals surface area contributed by atoms with Crippen molar-refractivity contribution in [1.29, 1.82) is 0 Å². The quantitative estimate of drug-likeness (QED) is 0.219. The first-order chi connectivity index (χ1) is 20.6. The van der Waals surface area contributed by atoms with Gasteiger partial charge in [0.1, 0.15) is 24.3 Å². The highest BCUT2D eigenvalue weighted by Crippen LogP contribution is 2.23. The molecular weight excluding hydrogens is 568 g/mol. The molecule has 0 aromatic heterocycles. The van der Waals surface area contributed by atoms with E-state index in [1.54, 1.807) is 99.9 Å². The van der Waals surface area contributed by atoms with Crippen molar-refractivity contribution in [3.63, 3.8) is 0 Å². The average Bonchev–Trinajstić information content (AvgIpc) is 2.93. The van der Waals surface area contributed by atoms with Crippen molar-refractivity contribution in [2.45, 2.75) is 52.7 Å². The minimum atomic E-state index is -0.589. The molecule has 2 saturated heterocycles. The van der Waals surface area contributed by atoms with E-state index in [4.69, 9.17) is 20.7 Å². The summed E-state index contributed by atoms with van der Waals surface area (Å²) in [5, 5.41) is 3.49. The van der Waals surface area contributed by atoms with Crippen LogP contribution in [0.3, 0.4) is 0 Å². The van der Waals surface area contributed by atoms with Gasteiger partial charge in [-0.2, -0.15) is 0 Å². The fourth-order valence-corrected chi connectivity index (χ4v) is 4.26. The fraction of sp³-hybridized carbons (Fsp3) is 0.467. The van der Waals surface area contributed by atoms with Crippen molar-refractivity contribution >= 4 is 46.8 Å². The Bertz CT molecular complexity index is 1390. The van der Waals surface area contributed by atoms with E-state index < -0.39 is 23.4 Å². The number of rotatable bonds is 3. The highest BCUT2D eigenvalue weighted by atomic mass is 16.6. The number of nitrogens with zero attached hydrogens (tertiary/aromatic N) is 7. The molecule has 0 saturated carbocycles. The lowest BCUT2D eigenvalue weighted by atomic mass is 10.2. The van der Waals surface area contributed by atoms with Gasteiger partial charge >= 0.3 is 12.2 Å². The Kier molecular flexibility index (Phi) is 10.7. The van der Waals surface area contributed by atoms with Crippen LogP contribution < -0.4 is 15.5 Å². The van der Waals surface area contributed by atoms with Gasteiger partial charge in [0.05, 0.1) is 0 Å². The van der Waals surface area contributed by atoms with Crippen LogP contribution >= 0.6 is 0 Å². The molecule has 44 heavy (non-hydrogen) atoms. The molecule has 14 nitrogen and oxygen atoms in total. The zero-order valence-corrected chi connectivity index (χ0v) is 26.0. The SMILES string of the molecule is CC(C)(C)OC(=O)N1CCN(c2ccc(N)cc2)C(=O)C1.CC(C)(C)OC(=O)N1CCN(c2ccc(N=[N+]=[N-])cc2)C(=O)C1. The third kappa shape index (κ3) is 9.80. The number of piperazine rings is 2. The van der Waals surface area contributed by atoms with Crippen molar-refractivity contribution in [1.82, 2.24) is 9.80 Å². The normalized spacial score (nSPS) is 15.6. The monoisotopic (exact) mass is 608 g/mol. The summed E-state index contributed by atoms with van der Waals surface area (Å²) in [7, 11) is 0. The van der Waals surface area contributed by atoms with Crippen molar-refractivity contribution in [2.24, 2.45) is 5.11 Å². The van der Waals surface area contributed by atoms with Gasteiger partial charge in [-0.25, -0.2) is 9.59 Å². The van der Waals surface area contributed by atoms with Crippen molar-refractivity contribution in [3.05, 3.63) is 59.0 Å². The minimum Gasteiger partial charge on any atom is -0.444 e. The van der Waals surface area contributed by atoms with Crippen molar-refractivity contribution < 1.29 is 28.7 Å². The molecule has 14 heteroatoms. The molecule has 0 spiro atoms. The number of amides is 4. The van der Waals surface area contributed by atoms with Crippen LogP contribution in [0.5, 0.6) is 0 Å². The molecule has 2 fully saturated rings. The van der Waals surface area contributed by atoms with Gasteiger partial charge in [-0.05, 0) is 83.5 Å². The molecule has 0 radical (unpaired) electrons. The van der Waals surface area contributed by atoms with Crippen molar-refractivity contribution in [3.8, 4) is 0 Å². The Hall–Kier alpha value is -4.97. The molecule has 0 bridgehead atoms. The fourth-order valence-electron chi connectivity index (χ4n) is 4.26. The maximum atomic E-state index is 12.3. The second kappa shape index (κ2) is 14.0. The molecular formula is C30H40N8O6. The van der Waals surface area contributed by atoms with E-state index in [9.17, 15) is 19.2 Å². The molecule has 0 unspecified atom stereocenters. The molecule has 0 aliphatic carbocycles. The number of anilines is 3. The second-order valence-corrected chi connectivity index (χ2v) is 12.2. The van der Waals surface area contributed by atoms with Gasteiger partial charge in [0.2, 0.25) is 11.8 Å².